The Morgan fingerprint density at radius 2 is 2.15 bits per heavy atom. The number of rotatable bonds is 3. The molecule has 72 valence electrons. The molecule has 4 N–H and O–H groups in total. The molecule has 3 nitrogen and oxygen atoms in total. The molecule has 0 atom stereocenters. The summed E-state index contributed by atoms with van der Waals surface area (Å²) >= 11 is 0. The molecule has 0 radical (unpaired) electrons. The molecule has 1 aromatic carbocycles. The Bertz CT molecular complexity index is 297. The Hall–Kier alpha value is -1.38. The van der Waals surface area contributed by atoms with Crippen molar-refractivity contribution >= 4 is 11.4 Å². The zero-order valence-corrected chi connectivity index (χ0v) is 8.09. The van der Waals surface area contributed by atoms with Crippen LogP contribution in [0.3, 0.4) is 0 Å². The van der Waals surface area contributed by atoms with E-state index in [0.29, 0.717) is 5.69 Å². The first-order chi connectivity index (χ1) is 6.15. The van der Waals surface area contributed by atoms with E-state index in [1.165, 1.54) is 0 Å². The standard InChI is InChI=1S/C10H16N2O/c1-3-4-12-9-6-8(13)5-7(2)10(9)11/h5-6,12-13H,3-4,11H2,1-2H3. The second-order valence-corrected chi connectivity index (χ2v) is 3.15. The molecule has 1 rings (SSSR count). The number of aryl methyl sites for hydroxylation is 1. The summed E-state index contributed by atoms with van der Waals surface area (Å²) in [7, 11) is 0. The fraction of sp³-hybridized carbons (Fsp3) is 0.400. The van der Waals surface area contributed by atoms with E-state index in [1.54, 1.807) is 12.1 Å². The topological polar surface area (TPSA) is 58.3 Å². The van der Waals surface area contributed by atoms with Gasteiger partial charge in [-0.05, 0) is 25.0 Å². The van der Waals surface area contributed by atoms with Crippen LogP contribution in [-0.2, 0) is 0 Å². The molecule has 0 unspecified atom stereocenters. The lowest BCUT2D eigenvalue weighted by Gasteiger charge is -2.10. The summed E-state index contributed by atoms with van der Waals surface area (Å²) in [5, 5.41) is 12.5. The molecule has 0 spiro atoms. The zero-order chi connectivity index (χ0) is 9.84. The van der Waals surface area contributed by atoms with Gasteiger partial charge in [-0.2, -0.15) is 0 Å². The van der Waals surface area contributed by atoms with E-state index in [9.17, 15) is 5.11 Å². The number of nitrogen functional groups attached to an aromatic ring is 1. The van der Waals surface area contributed by atoms with Gasteiger partial charge in [-0.1, -0.05) is 6.92 Å². The van der Waals surface area contributed by atoms with Crippen molar-refractivity contribution in [2.24, 2.45) is 0 Å². The predicted octanol–water partition coefficient (Wildman–Crippen LogP) is 2.10. The summed E-state index contributed by atoms with van der Waals surface area (Å²) < 4.78 is 0. The van der Waals surface area contributed by atoms with Gasteiger partial charge in [-0.15, -0.1) is 0 Å². The summed E-state index contributed by atoms with van der Waals surface area (Å²) in [5.41, 5.74) is 8.25. The van der Waals surface area contributed by atoms with Gasteiger partial charge in [0.2, 0.25) is 0 Å². The molecule has 0 saturated heterocycles. The third-order valence-electron chi connectivity index (χ3n) is 1.94. The molecule has 0 bridgehead atoms. The van der Waals surface area contributed by atoms with Crippen molar-refractivity contribution < 1.29 is 5.11 Å². The number of hydrogen-bond donors (Lipinski definition) is 3. The quantitative estimate of drug-likeness (QED) is 0.493. The highest BCUT2D eigenvalue weighted by Crippen LogP contribution is 2.27. The van der Waals surface area contributed by atoms with Gasteiger partial charge in [0.05, 0.1) is 11.4 Å². The number of phenolic OH excluding ortho intramolecular Hbond substituents is 1. The van der Waals surface area contributed by atoms with E-state index in [2.05, 4.69) is 12.2 Å². The van der Waals surface area contributed by atoms with E-state index < -0.39 is 0 Å². The Labute approximate surface area is 78.6 Å². The van der Waals surface area contributed by atoms with E-state index in [1.807, 2.05) is 6.92 Å². The molecule has 13 heavy (non-hydrogen) atoms. The second kappa shape index (κ2) is 4.03. The van der Waals surface area contributed by atoms with Gasteiger partial charge >= 0.3 is 0 Å². The van der Waals surface area contributed by atoms with Crippen LogP contribution in [0.25, 0.3) is 0 Å². The molecule has 0 fully saturated rings. The summed E-state index contributed by atoms with van der Waals surface area (Å²) in [5.74, 6) is 0.255. The average Bonchev–Trinajstić information content (AvgIpc) is 2.09. The van der Waals surface area contributed by atoms with E-state index in [4.69, 9.17) is 5.73 Å². The van der Waals surface area contributed by atoms with Crippen LogP contribution in [0.4, 0.5) is 11.4 Å². The van der Waals surface area contributed by atoms with Crippen molar-refractivity contribution in [3.63, 3.8) is 0 Å². The van der Waals surface area contributed by atoms with E-state index in [0.717, 1.165) is 24.2 Å². The first kappa shape index (κ1) is 9.71. The van der Waals surface area contributed by atoms with E-state index >= 15 is 0 Å². The van der Waals surface area contributed by atoms with Crippen molar-refractivity contribution in [1.82, 2.24) is 0 Å². The van der Waals surface area contributed by atoms with Crippen LogP contribution in [-0.4, -0.2) is 11.7 Å². The molecule has 0 aliphatic carbocycles. The minimum atomic E-state index is 0.255. The van der Waals surface area contributed by atoms with Gasteiger partial charge in [0.25, 0.3) is 0 Å². The third-order valence-corrected chi connectivity index (χ3v) is 1.94. The van der Waals surface area contributed by atoms with Crippen LogP contribution >= 0.6 is 0 Å². The molecule has 0 amide bonds. The smallest absolute Gasteiger partial charge is 0.118 e. The Kier molecular flexibility index (Phi) is 3.01. The first-order valence-electron chi connectivity index (χ1n) is 4.48. The van der Waals surface area contributed by atoms with Crippen molar-refractivity contribution in [3.05, 3.63) is 17.7 Å². The fourth-order valence-electron chi connectivity index (χ4n) is 1.19. The first-order valence-corrected chi connectivity index (χ1v) is 4.48. The number of benzene rings is 1. The summed E-state index contributed by atoms with van der Waals surface area (Å²) in [6.45, 7) is 4.83. The van der Waals surface area contributed by atoms with Gasteiger partial charge in [0, 0.05) is 12.6 Å². The van der Waals surface area contributed by atoms with Gasteiger partial charge in [-0.3, -0.25) is 0 Å². The minimum Gasteiger partial charge on any atom is -0.508 e. The average molecular weight is 180 g/mol. The highest BCUT2D eigenvalue weighted by molar-refractivity contribution is 5.71. The molecule has 1 aromatic rings. The third kappa shape index (κ3) is 2.28. The molecule has 0 aromatic heterocycles. The van der Waals surface area contributed by atoms with E-state index in [-0.39, 0.29) is 5.75 Å². The number of hydrogen-bond acceptors (Lipinski definition) is 3. The van der Waals surface area contributed by atoms with Crippen LogP contribution in [0.1, 0.15) is 18.9 Å². The Balaban J connectivity index is 2.92. The zero-order valence-electron chi connectivity index (χ0n) is 8.09. The highest BCUT2D eigenvalue weighted by Gasteiger charge is 2.03. The number of phenols is 1. The lowest BCUT2D eigenvalue weighted by atomic mass is 10.1. The lowest BCUT2D eigenvalue weighted by molar-refractivity contribution is 0.475. The molecule has 0 heterocycles. The molecule has 3 heteroatoms. The number of nitrogens with two attached hydrogens (primary N) is 1. The van der Waals surface area contributed by atoms with Crippen molar-refractivity contribution in [2.75, 3.05) is 17.6 Å². The number of anilines is 2. The van der Waals surface area contributed by atoms with Crippen LogP contribution < -0.4 is 11.1 Å². The van der Waals surface area contributed by atoms with Crippen LogP contribution in [0.2, 0.25) is 0 Å². The number of aromatic hydroxyl groups is 1. The maximum Gasteiger partial charge on any atom is 0.118 e. The Morgan fingerprint density at radius 1 is 1.46 bits per heavy atom. The van der Waals surface area contributed by atoms with Crippen LogP contribution in [0, 0.1) is 6.92 Å². The predicted molar refractivity (Wildman–Crippen MR) is 56.0 cm³/mol. The molecular formula is C10H16N2O. The SMILES string of the molecule is CCCNc1cc(O)cc(C)c1N. The molecule has 0 saturated carbocycles. The number of nitrogens with one attached hydrogen (secondary N) is 1. The summed E-state index contributed by atoms with van der Waals surface area (Å²) in [6.07, 6.45) is 1.04. The van der Waals surface area contributed by atoms with Crippen molar-refractivity contribution in [1.29, 1.82) is 0 Å². The monoisotopic (exact) mass is 180 g/mol. The molecule has 0 aliphatic rings. The van der Waals surface area contributed by atoms with Crippen LogP contribution in [0.5, 0.6) is 5.75 Å². The van der Waals surface area contributed by atoms with Crippen molar-refractivity contribution in [2.45, 2.75) is 20.3 Å². The normalized spacial score (nSPS) is 10.0. The van der Waals surface area contributed by atoms with Gasteiger partial charge in [-0.25, -0.2) is 0 Å². The van der Waals surface area contributed by atoms with Gasteiger partial charge in [0.1, 0.15) is 5.75 Å². The second-order valence-electron chi connectivity index (χ2n) is 3.15. The Morgan fingerprint density at radius 3 is 2.77 bits per heavy atom. The summed E-state index contributed by atoms with van der Waals surface area (Å²) in [4.78, 5) is 0. The van der Waals surface area contributed by atoms with Crippen molar-refractivity contribution in [3.8, 4) is 5.75 Å². The lowest BCUT2D eigenvalue weighted by Crippen LogP contribution is -2.03. The minimum absolute atomic E-state index is 0.255. The van der Waals surface area contributed by atoms with Gasteiger partial charge < -0.3 is 16.2 Å². The largest absolute Gasteiger partial charge is 0.508 e. The van der Waals surface area contributed by atoms with Crippen LogP contribution in [0.15, 0.2) is 12.1 Å². The molecule has 0 aliphatic heterocycles. The maximum atomic E-state index is 9.32. The summed E-state index contributed by atoms with van der Waals surface area (Å²) in [6, 6.07) is 3.31. The van der Waals surface area contributed by atoms with Gasteiger partial charge in [0.15, 0.2) is 0 Å². The fourth-order valence-corrected chi connectivity index (χ4v) is 1.19. The maximum absolute atomic E-state index is 9.32. The highest BCUT2D eigenvalue weighted by atomic mass is 16.3. The molecular weight excluding hydrogens is 164 g/mol.